The number of halogens is 1. The second-order valence-electron chi connectivity index (χ2n) is 4.88. The number of nitrogens with zero attached hydrogens (tertiary/aromatic N) is 2. The average molecular weight is 359 g/mol. The van der Waals surface area contributed by atoms with Crippen LogP contribution in [0.3, 0.4) is 0 Å². The van der Waals surface area contributed by atoms with Gasteiger partial charge in [0.1, 0.15) is 12.3 Å². The number of rotatable bonds is 7. The number of nitriles is 1. The van der Waals surface area contributed by atoms with Crippen molar-refractivity contribution in [2.75, 3.05) is 24.7 Å². The lowest BCUT2D eigenvalue weighted by atomic mass is 10.3. The third-order valence-corrected chi connectivity index (χ3v) is 3.34. The fraction of sp³-hybridized carbons (Fsp3) is 0.167. The van der Waals surface area contributed by atoms with Crippen LogP contribution in [-0.2, 0) is 14.3 Å². The van der Waals surface area contributed by atoms with Gasteiger partial charge in [-0.1, -0.05) is 35.9 Å². The van der Waals surface area contributed by atoms with Crippen LogP contribution in [0.1, 0.15) is 0 Å². The average Bonchev–Trinajstić information content (AvgIpc) is 2.63. The van der Waals surface area contributed by atoms with Crippen LogP contribution in [-0.4, -0.2) is 31.6 Å². The van der Waals surface area contributed by atoms with Gasteiger partial charge in [0, 0.05) is 10.7 Å². The highest BCUT2D eigenvalue weighted by Gasteiger charge is 2.17. The van der Waals surface area contributed by atoms with Gasteiger partial charge >= 0.3 is 5.97 Å². The SMILES string of the molecule is N#CCN(C(=O)COC(=O)COc1cccc(Cl)c1)c1ccccc1. The third kappa shape index (κ3) is 5.83. The second-order valence-corrected chi connectivity index (χ2v) is 5.32. The molecule has 0 saturated carbocycles. The zero-order valence-corrected chi connectivity index (χ0v) is 14.0. The summed E-state index contributed by atoms with van der Waals surface area (Å²) in [7, 11) is 0. The molecular weight excluding hydrogens is 344 g/mol. The predicted molar refractivity (Wildman–Crippen MR) is 92.3 cm³/mol. The second kappa shape index (κ2) is 9.30. The van der Waals surface area contributed by atoms with Crippen molar-refractivity contribution in [2.24, 2.45) is 0 Å². The van der Waals surface area contributed by atoms with Gasteiger partial charge < -0.3 is 9.47 Å². The number of benzene rings is 2. The molecule has 0 aromatic heterocycles. The van der Waals surface area contributed by atoms with Crippen LogP contribution >= 0.6 is 11.6 Å². The lowest BCUT2D eigenvalue weighted by Gasteiger charge is -2.19. The molecule has 0 saturated heterocycles. The van der Waals surface area contributed by atoms with E-state index < -0.39 is 18.5 Å². The molecular formula is C18H15ClN2O4. The Hall–Kier alpha value is -3.04. The number of amides is 1. The van der Waals surface area contributed by atoms with Gasteiger partial charge in [0.2, 0.25) is 0 Å². The Morgan fingerprint density at radius 2 is 1.84 bits per heavy atom. The van der Waals surface area contributed by atoms with E-state index in [-0.39, 0.29) is 13.2 Å². The Balaban J connectivity index is 1.85. The number of hydrogen-bond donors (Lipinski definition) is 0. The lowest BCUT2D eigenvalue weighted by Crippen LogP contribution is -2.35. The highest BCUT2D eigenvalue weighted by atomic mass is 35.5. The molecule has 128 valence electrons. The molecule has 25 heavy (non-hydrogen) atoms. The standard InChI is InChI=1S/C18H15ClN2O4/c19-14-5-4-8-16(11-14)24-13-18(23)25-12-17(22)21(10-9-20)15-6-2-1-3-7-15/h1-8,11H,10,12-13H2. The first kappa shape index (κ1) is 18.3. The van der Waals surface area contributed by atoms with E-state index in [2.05, 4.69) is 0 Å². The van der Waals surface area contributed by atoms with Crippen LogP contribution in [0.25, 0.3) is 0 Å². The summed E-state index contributed by atoms with van der Waals surface area (Å²) in [5.41, 5.74) is 0.556. The van der Waals surface area contributed by atoms with Crippen molar-refractivity contribution in [2.45, 2.75) is 0 Å². The smallest absolute Gasteiger partial charge is 0.344 e. The highest BCUT2D eigenvalue weighted by Crippen LogP contribution is 2.17. The van der Waals surface area contributed by atoms with E-state index >= 15 is 0 Å². The van der Waals surface area contributed by atoms with Crippen molar-refractivity contribution < 1.29 is 19.1 Å². The zero-order valence-electron chi connectivity index (χ0n) is 13.2. The van der Waals surface area contributed by atoms with Crippen LogP contribution in [0.15, 0.2) is 54.6 Å². The lowest BCUT2D eigenvalue weighted by molar-refractivity contribution is -0.149. The molecule has 0 aliphatic carbocycles. The van der Waals surface area contributed by atoms with E-state index in [9.17, 15) is 9.59 Å². The highest BCUT2D eigenvalue weighted by molar-refractivity contribution is 6.30. The minimum absolute atomic E-state index is 0.139. The molecule has 0 bridgehead atoms. The van der Waals surface area contributed by atoms with Crippen LogP contribution in [0.2, 0.25) is 5.02 Å². The first-order chi connectivity index (χ1) is 12.1. The Morgan fingerprint density at radius 1 is 1.08 bits per heavy atom. The molecule has 7 heteroatoms. The first-order valence-electron chi connectivity index (χ1n) is 7.36. The minimum atomic E-state index is -0.696. The normalized spacial score (nSPS) is 9.76. The summed E-state index contributed by atoms with van der Waals surface area (Å²) in [5, 5.41) is 9.36. The van der Waals surface area contributed by atoms with Gasteiger partial charge in [-0.25, -0.2) is 4.79 Å². The van der Waals surface area contributed by atoms with Crippen molar-refractivity contribution in [3.8, 4) is 11.8 Å². The summed E-state index contributed by atoms with van der Waals surface area (Å²) < 4.78 is 10.1. The van der Waals surface area contributed by atoms with Crippen LogP contribution in [0, 0.1) is 11.3 Å². The van der Waals surface area contributed by atoms with E-state index in [4.69, 9.17) is 26.3 Å². The van der Waals surface area contributed by atoms with Gasteiger partial charge in [-0.15, -0.1) is 0 Å². The van der Waals surface area contributed by atoms with Gasteiger partial charge in [0.25, 0.3) is 5.91 Å². The number of carbonyl (C=O) groups is 2. The number of ether oxygens (including phenoxy) is 2. The molecule has 0 atom stereocenters. The molecule has 0 N–H and O–H groups in total. The van der Waals surface area contributed by atoms with Crippen molar-refractivity contribution in [1.82, 2.24) is 0 Å². The van der Waals surface area contributed by atoms with Crippen molar-refractivity contribution in [1.29, 1.82) is 5.26 Å². The molecule has 0 heterocycles. The number of anilines is 1. The Kier molecular flexibility index (Phi) is 6.81. The predicted octanol–water partition coefficient (Wildman–Crippen LogP) is 2.82. The molecule has 2 aromatic rings. The molecule has 0 radical (unpaired) electrons. The summed E-state index contributed by atoms with van der Waals surface area (Å²) in [6.45, 7) is -0.967. The maximum absolute atomic E-state index is 12.2. The summed E-state index contributed by atoms with van der Waals surface area (Å²) in [5.74, 6) is -0.770. The fourth-order valence-electron chi connectivity index (χ4n) is 1.96. The van der Waals surface area contributed by atoms with Crippen LogP contribution in [0.5, 0.6) is 5.75 Å². The molecule has 0 aliphatic rings. The van der Waals surface area contributed by atoms with Gasteiger partial charge in [-0.3, -0.25) is 9.69 Å². The first-order valence-corrected chi connectivity index (χ1v) is 7.74. The van der Waals surface area contributed by atoms with E-state index in [1.54, 1.807) is 54.6 Å². The molecule has 2 aromatic carbocycles. The van der Waals surface area contributed by atoms with E-state index in [1.165, 1.54) is 4.90 Å². The minimum Gasteiger partial charge on any atom is -0.482 e. The van der Waals surface area contributed by atoms with Crippen molar-refractivity contribution >= 4 is 29.2 Å². The maximum Gasteiger partial charge on any atom is 0.344 e. The number of hydrogen-bond acceptors (Lipinski definition) is 5. The summed E-state index contributed by atoms with van der Waals surface area (Å²) in [6.07, 6.45) is 0. The topological polar surface area (TPSA) is 79.6 Å². The fourth-order valence-corrected chi connectivity index (χ4v) is 2.14. The van der Waals surface area contributed by atoms with E-state index in [0.717, 1.165) is 0 Å². The molecule has 6 nitrogen and oxygen atoms in total. The van der Waals surface area contributed by atoms with Gasteiger partial charge in [0.15, 0.2) is 13.2 Å². The quantitative estimate of drug-likeness (QED) is 0.561. The van der Waals surface area contributed by atoms with E-state index in [0.29, 0.717) is 16.5 Å². The summed E-state index contributed by atoms with van der Waals surface area (Å²) >= 11 is 5.81. The number of esters is 1. The molecule has 0 aliphatic heterocycles. The summed E-state index contributed by atoms with van der Waals surface area (Å²) in [6, 6.07) is 17.2. The molecule has 0 fully saturated rings. The van der Waals surface area contributed by atoms with Crippen molar-refractivity contribution in [3.63, 3.8) is 0 Å². The molecule has 0 unspecified atom stereocenters. The van der Waals surface area contributed by atoms with Gasteiger partial charge in [-0.05, 0) is 30.3 Å². The summed E-state index contributed by atoms with van der Waals surface area (Å²) in [4.78, 5) is 25.1. The number of carbonyl (C=O) groups excluding carboxylic acids is 2. The Bertz CT molecular complexity index is 774. The monoisotopic (exact) mass is 358 g/mol. The van der Waals surface area contributed by atoms with Gasteiger partial charge in [-0.2, -0.15) is 5.26 Å². The number of para-hydroxylation sites is 1. The zero-order chi connectivity index (χ0) is 18.1. The maximum atomic E-state index is 12.2. The van der Waals surface area contributed by atoms with Crippen molar-refractivity contribution in [3.05, 3.63) is 59.6 Å². The molecule has 2 rings (SSSR count). The van der Waals surface area contributed by atoms with Gasteiger partial charge in [0.05, 0.1) is 6.07 Å². The van der Waals surface area contributed by atoms with Crippen LogP contribution in [0.4, 0.5) is 5.69 Å². The van der Waals surface area contributed by atoms with Crippen LogP contribution < -0.4 is 9.64 Å². The Labute approximate surface area is 150 Å². The van der Waals surface area contributed by atoms with E-state index in [1.807, 2.05) is 6.07 Å². The Morgan fingerprint density at radius 3 is 2.52 bits per heavy atom. The molecule has 0 spiro atoms. The molecule has 1 amide bonds. The third-order valence-electron chi connectivity index (χ3n) is 3.11. The largest absolute Gasteiger partial charge is 0.482 e.